The number of amides is 2. The van der Waals surface area contributed by atoms with Crippen LogP contribution in [-0.2, 0) is 0 Å². The maximum Gasteiger partial charge on any atom is 0.267 e. The van der Waals surface area contributed by atoms with Crippen LogP contribution in [0.1, 0.15) is 45.4 Å². The highest BCUT2D eigenvalue weighted by Crippen LogP contribution is 2.29. The minimum Gasteiger partial charge on any atom is -0.364 e. The summed E-state index contributed by atoms with van der Waals surface area (Å²) in [6.45, 7) is 1.23. The third-order valence-electron chi connectivity index (χ3n) is 5.02. The number of aromatic amines is 1. The zero-order valence-electron chi connectivity index (χ0n) is 15.3. The number of hydrogen-bond donors (Lipinski definition) is 2. The molecule has 3 heterocycles. The minimum absolute atomic E-state index is 0.0185. The minimum atomic E-state index is -0.545. The van der Waals surface area contributed by atoms with Crippen LogP contribution in [0.5, 0.6) is 0 Å². The second kappa shape index (κ2) is 7.64. The van der Waals surface area contributed by atoms with Crippen molar-refractivity contribution in [1.82, 2.24) is 19.9 Å². The van der Waals surface area contributed by atoms with Crippen molar-refractivity contribution in [3.8, 4) is 11.3 Å². The molecule has 7 nitrogen and oxygen atoms in total. The summed E-state index contributed by atoms with van der Waals surface area (Å²) in [5.74, 6) is 0.126. The Kier molecular flexibility index (Phi) is 4.89. The van der Waals surface area contributed by atoms with E-state index in [0.29, 0.717) is 35.9 Å². The second-order valence-corrected chi connectivity index (χ2v) is 6.91. The van der Waals surface area contributed by atoms with Crippen molar-refractivity contribution in [2.45, 2.75) is 18.8 Å². The number of piperidine rings is 1. The normalized spacial score (nSPS) is 16.7. The Morgan fingerprint density at radius 1 is 1.14 bits per heavy atom. The van der Waals surface area contributed by atoms with Gasteiger partial charge in [0.05, 0.1) is 5.56 Å². The Bertz CT molecular complexity index is 985. The van der Waals surface area contributed by atoms with Gasteiger partial charge in [0, 0.05) is 37.0 Å². The highest BCUT2D eigenvalue weighted by atomic mass is 16.2. The summed E-state index contributed by atoms with van der Waals surface area (Å²) >= 11 is 0. The smallest absolute Gasteiger partial charge is 0.267 e. The molecular formula is C21H21N5O2. The van der Waals surface area contributed by atoms with Crippen molar-refractivity contribution in [2.75, 3.05) is 13.1 Å². The number of hydrogen-bond acceptors (Lipinski definition) is 4. The molecule has 1 saturated heterocycles. The number of nitrogens with two attached hydrogens (primary N) is 1. The van der Waals surface area contributed by atoms with E-state index in [9.17, 15) is 9.59 Å². The molecule has 0 saturated carbocycles. The molecule has 4 rings (SSSR count). The van der Waals surface area contributed by atoms with Gasteiger partial charge < -0.3 is 15.6 Å². The predicted molar refractivity (Wildman–Crippen MR) is 105 cm³/mol. The van der Waals surface area contributed by atoms with E-state index in [2.05, 4.69) is 15.0 Å². The van der Waals surface area contributed by atoms with Gasteiger partial charge in [0.25, 0.3) is 11.8 Å². The molecule has 0 spiro atoms. The first-order chi connectivity index (χ1) is 13.6. The summed E-state index contributed by atoms with van der Waals surface area (Å²) in [5, 5.41) is 0. The molecule has 142 valence electrons. The number of nitrogens with zero attached hydrogens (tertiary/aromatic N) is 3. The maximum atomic E-state index is 12.8. The number of carbonyl (C=O) groups excluding carboxylic acids is 2. The number of aromatic nitrogens is 3. The quantitative estimate of drug-likeness (QED) is 0.731. The number of carbonyl (C=O) groups is 2. The van der Waals surface area contributed by atoms with Crippen molar-refractivity contribution in [3.63, 3.8) is 0 Å². The number of benzene rings is 1. The van der Waals surface area contributed by atoms with Crippen LogP contribution in [0.25, 0.3) is 11.3 Å². The van der Waals surface area contributed by atoms with Crippen LogP contribution in [0, 0.1) is 0 Å². The lowest BCUT2D eigenvalue weighted by molar-refractivity contribution is 0.0704. The van der Waals surface area contributed by atoms with Crippen LogP contribution in [-0.4, -0.2) is 44.8 Å². The fourth-order valence-electron chi connectivity index (χ4n) is 3.62. The van der Waals surface area contributed by atoms with Crippen LogP contribution < -0.4 is 5.73 Å². The van der Waals surface area contributed by atoms with Crippen molar-refractivity contribution >= 4 is 11.8 Å². The number of nitrogens with one attached hydrogen (secondary N) is 1. The number of pyridine rings is 1. The predicted octanol–water partition coefficient (Wildman–Crippen LogP) is 2.59. The third-order valence-corrected chi connectivity index (χ3v) is 5.02. The second-order valence-electron chi connectivity index (χ2n) is 6.91. The number of rotatable bonds is 4. The summed E-state index contributed by atoms with van der Waals surface area (Å²) in [6, 6.07) is 13.0. The van der Waals surface area contributed by atoms with E-state index in [1.54, 1.807) is 24.5 Å². The van der Waals surface area contributed by atoms with E-state index in [-0.39, 0.29) is 11.8 Å². The van der Waals surface area contributed by atoms with Crippen LogP contribution in [0.3, 0.4) is 0 Å². The number of imidazole rings is 1. The lowest BCUT2D eigenvalue weighted by atomic mass is 9.97. The Balaban J connectivity index is 1.60. The summed E-state index contributed by atoms with van der Waals surface area (Å²) in [6.07, 6.45) is 4.98. The van der Waals surface area contributed by atoms with Crippen LogP contribution in [0.4, 0.5) is 0 Å². The molecule has 0 bridgehead atoms. The third kappa shape index (κ3) is 3.51. The molecule has 1 atom stereocenters. The first kappa shape index (κ1) is 17.9. The largest absolute Gasteiger partial charge is 0.364 e. The van der Waals surface area contributed by atoms with Crippen LogP contribution in [0.2, 0.25) is 0 Å². The Hall–Kier alpha value is -3.48. The molecule has 3 aromatic rings. The zero-order valence-corrected chi connectivity index (χ0v) is 15.3. The van der Waals surface area contributed by atoms with Gasteiger partial charge in [-0.3, -0.25) is 14.6 Å². The van der Waals surface area contributed by atoms with Gasteiger partial charge in [-0.05, 0) is 25.0 Å². The summed E-state index contributed by atoms with van der Waals surface area (Å²) in [7, 11) is 0. The molecule has 2 amide bonds. The fraction of sp³-hybridized carbons (Fsp3) is 0.238. The van der Waals surface area contributed by atoms with E-state index < -0.39 is 5.91 Å². The SMILES string of the molecule is NC(=O)c1[nH]c(C2CCCN(C(=O)c3cccnc3)C2)nc1-c1ccccc1. The van der Waals surface area contributed by atoms with Crippen LogP contribution in [0.15, 0.2) is 54.9 Å². The van der Waals surface area contributed by atoms with Gasteiger partial charge in [-0.1, -0.05) is 30.3 Å². The van der Waals surface area contributed by atoms with Gasteiger partial charge in [0.15, 0.2) is 0 Å². The monoisotopic (exact) mass is 375 g/mol. The lowest BCUT2D eigenvalue weighted by Gasteiger charge is -2.31. The molecule has 1 unspecified atom stereocenters. The van der Waals surface area contributed by atoms with Gasteiger partial charge in [-0.25, -0.2) is 4.98 Å². The molecule has 1 aliphatic heterocycles. The molecule has 3 N–H and O–H groups in total. The summed E-state index contributed by atoms with van der Waals surface area (Å²) in [4.78, 5) is 38.3. The highest BCUT2D eigenvalue weighted by molar-refractivity contribution is 5.97. The summed E-state index contributed by atoms with van der Waals surface area (Å²) < 4.78 is 0. The lowest BCUT2D eigenvalue weighted by Crippen LogP contribution is -2.39. The number of likely N-dealkylation sites (tertiary alicyclic amines) is 1. The molecule has 2 aromatic heterocycles. The molecule has 1 aromatic carbocycles. The maximum absolute atomic E-state index is 12.8. The molecule has 0 aliphatic carbocycles. The standard InChI is InChI=1S/C21H21N5O2/c22-19(27)18-17(14-6-2-1-3-7-14)24-20(25-18)16-9-5-11-26(13-16)21(28)15-8-4-10-23-12-15/h1-4,6-8,10,12,16H,5,9,11,13H2,(H2,22,27)(H,24,25). The van der Waals surface area contributed by atoms with Gasteiger partial charge >= 0.3 is 0 Å². The van der Waals surface area contributed by atoms with Gasteiger partial charge in [0.2, 0.25) is 0 Å². The van der Waals surface area contributed by atoms with Gasteiger partial charge in [-0.15, -0.1) is 0 Å². The number of primary amides is 1. The first-order valence-corrected chi connectivity index (χ1v) is 9.28. The molecule has 7 heteroatoms. The van der Waals surface area contributed by atoms with Crippen molar-refractivity contribution in [1.29, 1.82) is 0 Å². The molecular weight excluding hydrogens is 354 g/mol. The Morgan fingerprint density at radius 3 is 2.68 bits per heavy atom. The molecule has 1 aliphatic rings. The molecule has 28 heavy (non-hydrogen) atoms. The van der Waals surface area contributed by atoms with E-state index in [4.69, 9.17) is 5.73 Å². The molecule has 0 radical (unpaired) electrons. The van der Waals surface area contributed by atoms with Gasteiger partial charge in [-0.2, -0.15) is 0 Å². The zero-order chi connectivity index (χ0) is 19.5. The van der Waals surface area contributed by atoms with Crippen molar-refractivity contribution < 1.29 is 9.59 Å². The van der Waals surface area contributed by atoms with E-state index in [0.717, 1.165) is 18.4 Å². The average Bonchev–Trinajstić information content (AvgIpc) is 3.21. The highest BCUT2D eigenvalue weighted by Gasteiger charge is 2.29. The Morgan fingerprint density at radius 2 is 1.96 bits per heavy atom. The topological polar surface area (TPSA) is 105 Å². The van der Waals surface area contributed by atoms with Crippen LogP contribution >= 0.6 is 0 Å². The van der Waals surface area contributed by atoms with E-state index in [1.807, 2.05) is 35.2 Å². The van der Waals surface area contributed by atoms with Gasteiger partial charge in [0.1, 0.15) is 17.2 Å². The molecule has 1 fully saturated rings. The summed E-state index contributed by atoms with van der Waals surface area (Å²) in [5.41, 5.74) is 7.83. The Labute approximate surface area is 162 Å². The fourth-order valence-corrected chi connectivity index (χ4v) is 3.62. The van der Waals surface area contributed by atoms with Crippen molar-refractivity contribution in [2.24, 2.45) is 5.73 Å². The number of H-pyrrole nitrogens is 1. The average molecular weight is 375 g/mol. The first-order valence-electron chi connectivity index (χ1n) is 9.28. The van der Waals surface area contributed by atoms with E-state index >= 15 is 0 Å². The van der Waals surface area contributed by atoms with E-state index in [1.165, 1.54) is 0 Å². The van der Waals surface area contributed by atoms with Crippen molar-refractivity contribution in [3.05, 3.63) is 71.9 Å².